The van der Waals surface area contributed by atoms with Gasteiger partial charge in [-0.05, 0) is 92.6 Å². The molecule has 1 aromatic rings. The summed E-state index contributed by atoms with van der Waals surface area (Å²) in [6.45, 7) is 6.40. The van der Waals surface area contributed by atoms with Gasteiger partial charge < -0.3 is 35.0 Å². The van der Waals surface area contributed by atoms with E-state index in [2.05, 4.69) is 32.1 Å². The average Bonchev–Trinajstić information content (AvgIpc) is 3.21. The van der Waals surface area contributed by atoms with E-state index in [9.17, 15) is 25.5 Å². The van der Waals surface area contributed by atoms with Gasteiger partial charge in [0.15, 0.2) is 6.29 Å². The van der Waals surface area contributed by atoms with Crippen LogP contribution in [0, 0.1) is 22.7 Å². The van der Waals surface area contributed by atoms with E-state index in [4.69, 9.17) is 9.47 Å². The molecule has 0 radical (unpaired) electrons. The molecular formula is C32H46O7. The summed E-state index contributed by atoms with van der Waals surface area (Å²) < 4.78 is 11.9. The predicted octanol–water partition coefficient (Wildman–Crippen LogP) is 3.55. The Kier molecular flexibility index (Phi) is 7.06. The maximum Gasteiger partial charge on any atom is 0.187 e. The maximum absolute atomic E-state index is 12.5. The predicted molar refractivity (Wildman–Crippen MR) is 145 cm³/mol. The number of rotatable bonds is 4. The van der Waals surface area contributed by atoms with Crippen LogP contribution >= 0.6 is 0 Å². The van der Waals surface area contributed by atoms with Crippen molar-refractivity contribution in [3.8, 4) is 0 Å². The fourth-order valence-electron chi connectivity index (χ4n) is 9.51. The molecule has 0 aromatic heterocycles. The number of fused-ring (bicyclic) bond motifs is 5. The molecule has 1 aromatic carbocycles. The Morgan fingerprint density at radius 1 is 0.949 bits per heavy atom. The van der Waals surface area contributed by atoms with E-state index < -0.39 is 36.3 Å². The minimum absolute atomic E-state index is 0.00374. The second kappa shape index (κ2) is 9.90. The number of benzene rings is 1. The van der Waals surface area contributed by atoms with Crippen LogP contribution in [-0.4, -0.2) is 67.9 Å². The van der Waals surface area contributed by atoms with Gasteiger partial charge in [-0.2, -0.15) is 0 Å². The van der Waals surface area contributed by atoms with Crippen LogP contribution < -0.4 is 0 Å². The van der Waals surface area contributed by atoms with Crippen LogP contribution in [0.15, 0.2) is 35.9 Å². The van der Waals surface area contributed by atoms with Gasteiger partial charge >= 0.3 is 0 Å². The van der Waals surface area contributed by atoms with Gasteiger partial charge in [0.1, 0.15) is 18.3 Å². The van der Waals surface area contributed by atoms with Gasteiger partial charge in [-0.25, -0.2) is 0 Å². The fourth-order valence-corrected chi connectivity index (χ4v) is 9.51. The minimum atomic E-state index is -1.30. The number of hydrogen-bond acceptors (Lipinski definition) is 7. The molecule has 0 unspecified atom stereocenters. The van der Waals surface area contributed by atoms with Crippen molar-refractivity contribution < 1.29 is 35.0 Å². The zero-order chi connectivity index (χ0) is 27.7. The van der Waals surface area contributed by atoms with Gasteiger partial charge in [0, 0.05) is 5.41 Å². The van der Waals surface area contributed by atoms with Crippen LogP contribution in [0.2, 0.25) is 0 Å². The van der Waals surface area contributed by atoms with E-state index in [1.807, 2.05) is 12.1 Å². The number of aliphatic hydroxyl groups excluding tert-OH is 4. The van der Waals surface area contributed by atoms with E-state index in [1.165, 1.54) is 11.1 Å². The molecule has 3 saturated carbocycles. The topological polar surface area (TPSA) is 120 Å². The van der Waals surface area contributed by atoms with Gasteiger partial charge in [0.05, 0.1) is 24.4 Å². The highest BCUT2D eigenvalue weighted by Gasteiger charge is 2.66. The first-order chi connectivity index (χ1) is 18.5. The first kappa shape index (κ1) is 27.8. The molecule has 1 aliphatic heterocycles. The van der Waals surface area contributed by atoms with E-state index in [0.29, 0.717) is 11.8 Å². The molecule has 39 heavy (non-hydrogen) atoms. The Morgan fingerprint density at radius 3 is 2.51 bits per heavy atom. The van der Waals surface area contributed by atoms with Crippen LogP contribution in [-0.2, 0) is 16.1 Å². The summed E-state index contributed by atoms with van der Waals surface area (Å²) in [5.74, 6) is 0.956. The molecule has 0 bridgehead atoms. The lowest BCUT2D eigenvalue weighted by molar-refractivity contribution is -0.301. The standard InChI is InChI=1S/C32H46O7/c1-18-26(34)27(35)28(36)29(38-18)39-22-9-12-30(2)21(16-22)7-8-25-24(30)10-13-31(3)23(11-14-32(25,31)37)20-6-4-5-19(15-20)17-33/h4-6,15-16,18,22-29,33-37H,7-14,17H2,1-3H3/t18-,22-,23+,24-,25+,26-,27+,28+,29-,30-,31+,32-/m0/s1. The summed E-state index contributed by atoms with van der Waals surface area (Å²) in [7, 11) is 0. The largest absolute Gasteiger partial charge is 0.392 e. The molecule has 4 aliphatic carbocycles. The molecular weight excluding hydrogens is 496 g/mol. The molecule has 0 amide bonds. The van der Waals surface area contributed by atoms with E-state index in [1.54, 1.807) is 6.92 Å². The maximum atomic E-state index is 12.5. The molecule has 216 valence electrons. The van der Waals surface area contributed by atoms with Gasteiger partial charge in [0.25, 0.3) is 0 Å². The second-order valence-electron chi connectivity index (χ2n) is 13.6. The number of ether oxygens (including phenoxy) is 2. The fraction of sp³-hybridized carbons (Fsp3) is 0.750. The quantitative estimate of drug-likeness (QED) is 0.369. The zero-order valence-electron chi connectivity index (χ0n) is 23.5. The first-order valence-electron chi connectivity index (χ1n) is 15.0. The molecule has 5 aliphatic rings. The highest BCUT2D eigenvalue weighted by Crippen LogP contribution is 2.70. The summed E-state index contributed by atoms with van der Waals surface area (Å²) >= 11 is 0. The van der Waals surface area contributed by atoms with Gasteiger partial charge in [0.2, 0.25) is 0 Å². The molecule has 7 heteroatoms. The van der Waals surface area contributed by atoms with Crippen molar-refractivity contribution in [2.45, 2.75) is 127 Å². The third kappa shape index (κ3) is 4.18. The van der Waals surface area contributed by atoms with Crippen molar-refractivity contribution in [2.75, 3.05) is 0 Å². The lowest BCUT2D eigenvalue weighted by atomic mass is 9.45. The Labute approximate surface area is 231 Å². The molecule has 0 spiro atoms. The van der Waals surface area contributed by atoms with Crippen LogP contribution in [0.5, 0.6) is 0 Å². The van der Waals surface area contributed by atoms with Crippen molar-refractivity contribution in [1.29, 1.82) is 0 Å². The molecule has 7 nitrogen and oxygen atoms in total. The molecule has 12 atom stereocenters. The van der Waals surface area contributed by atoms with Crippen LogP contribution in [0.3, 0.4) is 0 Å². The van der Waals surface area contributed by atoms with E-state index in [-0.39, 0.29) is 29.5 Å². The third-order valence-electron chi connectivity index (χ3n) is 11.9. The summed E-state index contributed by atoms with van der Waals surface area (Å²) in [5, 5.41) is 52.9. The van der Waals surface area contributed by atoms with Gasteiger partial charge in [-0.1, -0.05) is 49.8 Å². The number of allylic oxidation sites excluding steroid dienone is 1. The van der Waals surface area contributed by atoms with Crippen molar-refractivity contribution in [3.05, 3.63) is 47.0 Å². The molecule has 1 heterocycles. The molecule has 1 saturated heterocycles. The SMILES string of the molecule is C[C@@H]1O[C@@H](O[C@@H]2C=C3CC[C@@H]4[C@H](CC[C@]5(C)[C@@H](c6cccc(CO)c6)CC[C@]45O)[C@@]3(C)CC2)[C@H](O)[C@H](O)[C@H]1O. The number of aliphatic hydroxyl groups is 5. The van der Waals surface area contributed by atoms with Crippen LogP contribution in [0.4, 0.5) is 0 Å². The van der Waals surface area contributed by atoms with E-state index >= 15 is 0 Å². The normalized spacial score (nSPS) is 49.5. The second-order valence-corrected chi connectivity index (χ2v) is 13.6. The molecule has 6 rings (SSSR count). The van der Waals surface area contributed by atoms with Gasteiger partial charge in [-0.15, -0.1) is 0 Å². The Morgan fingerprint density at radius 2 is 1.74 bits per heavy atom. The van der Waals surface area contributed by atoms with Crippen molar-refractivity contribution >= 4 is 0 Å². The Hall–Kier alpha value is -1.32. The smallest absolute Gasteiger partial charge is 0.187 e. The highest BCUT2D eigenvalue weighted by molar-refractivity contribution is 5.34. The molecule has 5 N–H and O–H groups in total. The summed E-state index contributed by atoms with van der Waals surface area (Å²) in [5.41, 5.74) is 2.69. The molecule has 4 fully saturated rings. The first-order valence-corrected chi connectivity index (χ1v) is 15.0. The lowest BCUT2D eigenvalue weighted by Crippen LogP contribution is -2.60. The Bertz CT molecular complexity index is 1110. The monoisotopic (exact) mass is 542 g/mol. The van der Waals surface area contributed by atoms with Crippen molar-refractivity contribution in [1.82, 2.24) is 0 Å². The lowest BCUT2D eigenvalue weighted by Gasteiger charge is -2.62. The Balaban J connectivity index is 1.21. The summed E-state index contributed by atoms with van der Waals surface area (Å²) in [6, 6.07) is 8.30. The third-order valence-corrected chi connectivity index (χ3v) is 11.9. The van der Waals surface area contributed by atoms with E-state index in [0.717, 1.165) is 56.9 Å². The number of hydrogen-bond donors (Lipinski definition) is 5. The highest BCUT2D eigenvalue weighted by atomic mass is 16.7. The summed E-state index contributed by atoms with van der Waals surface area (Å²) in [6.07, 6.45) is 4.16. The minimum Gasteiger partial charge on any atom is -0.392 e. The van der Waals surface area contributed by atoms with Crippen LogP contribution in [0.25, 0.3) is 0 Å². The average molecular weight is 543 g/mol. The van der Waals surface area contributed by atoms with Crippen molar-refractivity contribution in [2.24, 2.45) is 22.7 Å². The summed E-state index contributed by atoms with van der Waals surface area (Å²) in [4.78, 5) is 0. The van der Waals surface area contributed by atoms with Crippen LogP contribution in [0.1, 0.15) is 89.2 Å². The van der Waals surface area contributed by atoms with Gasteiger partial charge in [-0.3, -0.25) is 0 Å². The zero-order valence-corrected chi connectivity index (χ0v) is 23.5. The van der Waals surface area contributed by atoms with Crippen molar-refractivity contribution in [3.63, 3.8) is 0 Å².